The van der Waals surface area contributed by atoms with Crippen LogP contribution >= 0.6 is 0 Å². The molecule has 0 saturated heterocycles. The molecule has 5 heteroatoms. The average molecular weight is 304 g/mol. The van der Waals surface area contributed by atoms with Gasteiger partial charge in [-0.1, -0.05) is 32.0 Å². The van der Waals surface area contributed by atoms with Crippen LogP contribution in [0.1, 0.15) is 44.6 Å². The van der Waals surface area contributed by atoms with Crippen LogP contribution in [0.2, 0.25) is 0 Å². The van der Waals surface area contributed by atoms with E-state index in [-0.39, 0.29) is 30.3 Å². The van der Waals surface area contributed by atoms with Crippen molar-refractivity contribution in [3.8, 4) is 0 Å². The third-order valence-electron chi connectivity index (χ3n) is 4.07. The number of amides is 2. The highest BCUT2D eigenvalue weighted by molar-refractivity contribution is 6.01. The van der Waals surface area contributed by atoms with Gasteiger partial charge in [-0.15, -0.1) is 0 Å². The van der Waals surface area contributed by atoms with E-state index < -0.39 is 5.92 Å². The second-order valence-electron chi connectivity index (χ2n) is 6.61. The Morgan fingerprint density at radius 2 is 2.14 bits per heavy atom. The van der Waals surface area contributed by atoms with Gasteiger partial charge >= 0.3 is 0 Å². The highest BCUT2D eigenvalue weighted by Crippen LogP contribution is 2.32. The van der Waals surface area contributed by atoms with Gasteiger partial charge in [-0.05, 0) is 29.9 Å². The molecule has 0 aliphatic carbocycles. The first-order valence-corrected chi connectivity index (χ1v) is 7.70. The van der Waals surface area contributed by atoms with Gasteiger partial charge in [-0.3, -0.25) is 9.59 Å². The SMILES string of the molecule is CC(C)(CO)CCCNC(=O)C1CC(=O)Nc2ccccc21. The van der Waals surface area contributed by atoms with Crippen molar-refractivity contribution >= 4 is 17.5 Å². The third kappa shape index (κ3) is 4.07. The van der Waals surface area contributed by atoms with Crippen molar-refractivity contribution < 1.29 is 14.7 Å². The lowest BCUT2D eigenvalue weighted by atomic mass is 9.88. The molecule has 0 saturated carbocycles. The minimum absolute atomic E-state index is 0.107. The van der Waals surface area contributed by atoms with E-state index in [9.17, 15) is 14.7 Å². The van der Waals surface area contributed by atoms with Crippen molar-refractivity contribution in [1.29, 1.82) is 0 Å². The molecule has 1 aromatic rings. The zero-order valence-corrected chi connectivity index (χ0v) is 13.2. The minimum Gasteiger partial charge on any atom is -0.396 e. The Labute approximate surface area is 131 Å². The van der Waals surface area contributed by atoms with Crippen LogP contribution in [0.25, 0.3) is 0 Å². The van der Waals surface area contributed by atoms with Gasteiger partial charge in [0, 0.05) is 25.3 Å². The predicted octanol–water partition coefficient (Wildman–Crippen LogP) is 2.03. The molecular formula is C17H24N2O3. The first-order valence-electron chi connectivity index (χ1n) is 7.70. The number of anilines is 1. The maximum Gasteiger partial charge on any atom is 0.228 e. The Morgan fingerprint density at radius 1 is 1.41 bits per heavy atom. The summed E-state index contributed by atoms with van der Waals surface area (Å²) in [5, 5.41) is 14.9. The van der Waals surface area contributed by atoms with E-state index in [1.54, 1.807) is 0 Å². The zero-order chi connectivity index (χ0) is 16.2. The number of carbonyl (C=O) groups is 2. The lowest BCUT2D eigenvalue weighted by Gasteiger charge is -2.25. The van der Waals surface area contributed by atoms with Gasteiger partial charge in [-0.25, -0.2) is 0 Å². The fourth-order valence-electron chi connectivity index (χ4n) is 2.63. The topological polar surface area (TPSA) is 78.4 Å². The van der Waals surface area contributed by atoms with Crippen LogP contribution in [0, 0.1) is 5.41 Å². The van der Waals surface area contributed by atoms with Crippen LogP contribution in [-0.2, 0) is 9.59 Å². The first-order chi connectivity index (χ1) is 10.4. The number of aliphatic hydroxyl groups is 1. The number of rotatable bonds is 6. The molecule has 22 heavy (non-hydrogen) atoms. The lowest BCUT2D eigenvalue weighted by Crippen LogP contribution is -2.35. The predicted molar refractivity (Wildman–Crippen MR) is 85.5 cm³/mol. The van der Waals surface area contributed by atoms with Crippen molar-refractivity contribution in [3.63, 3.8) is 0 Å². The summed E-state index contributed by atoms with van der Waals surface area (Å²) in [5.74, 6) is -0.653. The van der Waals surface area contributed by atoms with Gasteiger partial charge in [0.1, 0.15) is 0 Å². The third-order valence-corrected chi connectivity index (χ3v) is 4.07. The smallest absolute Gasteiger partial charge is 0.228 e. The summed E-state index contributed by atoms with van der Waals surface area (Å²) in [5.41, 5.74) is 1.47. The molecule has 1 aliphatic heterocycles. The standard InChI is InChI=1S/C17H24N2O3/c1-17(2,11-20)8-5-9-18-16(22)13-10-15(21)19-14-7-4-3-6-12(13)14/h3-4,6-7,13,20H,5,8-11H2,1-2H3,(H,18,22)(H,19,21). The fraction of sp³-hybridized carbons (Fsp3) is 0.529. The Morgan fingerprint density at radius 3 is 2.86 bits per heavy atom. The lowest BCUT2D eigenvalue weighted by molar-refractivity contribution is -0.126. The molecular weight excluding hydrogens is 280 g/mol. The second kappa shape index (κ2) is 6.92. The summed E-state index contributed by atoms with van der Waals surface area (Å²) in [6.45, 7) is 4.69. The van der Waals surface area contributed by atoms with Crippen molar-refractivity contribution in [2.75, 3.05) is 18.5 Å². The van der Waals surface area contributed by atoms with E-state index in [1.807, 2.05) is 38.1 Å². The number of carbonyl (C=O) groups excluding carboxylic acids is 2. The Kier molecular flexibility index (Phi) is 5.19. The molecule has 2 amide bonds. The number of para-hydroxylation sites is 1. The highest BCUT2D eigenvalue weighted by Gasteiger charge is 2.30. The Bertz CT molecular complexity index is 555. The summed E-state index contributed by atoms with van der Waals surface area (Å²) in [6, 6.07) is 7.42. The maximum absolute atomic E-state index is 12.4. The summed E-state index contributed by atoms with van der Waals surface area (Å²) in [7, 11) is 0. The normalized spacial score (nSPS) is 17.6. The monoisotopic (exact) mass is 304 g/mol. The van der Waals surface area contributed by atoms with E-state index in [4.69, 9.17) is 0 Å². The molecule has 120 valence electrons. The zero-order valence-electron chi connectivity index (χ0n) is 13.2. The average Bonchev–Trinajstić information content (AvgIpc) is 2.50. The van der Waals surface area contributed by atoms with E-state index in [2.05, 4.69) is 10.6 Å². The molecule has 1 heterocycles. The van der Waals surface area contributed by atoms with Crippen LogP contribution in [0.15, 0.2) is 24.3 Å². The number of hydrogen-bond donors (Lipinski definition) is 3. The number of benzene rings is 1. The van der Waals surface area contributed by atoms with Crippen LogP contribution in [0.4, 0.5) is 5.69 Å². The van der Waals surface area contributed by atoms with Crippen LogP contribution in [-0.4, -0.2) is 30.1 Å². The largest absolute Gasteiger partial charge is 0.396 e. The summed E-state index contributed by atoms with van der Waals surface area (Å²) < 4.78 is 0. The van der Waals surface area contributed by atoms with Crippen molar-refractivity contribution in [2.45, 2.75) is 39.0 Å². The highest BCUT2D eigenvalue weighted by atomic mass is 16.3. The molecule has 2 rings (SSSR count). The van der Waals surface area contributed by atoms with Crippen LogP contribution < -0.4 is 10.6 Å². The second-order valence-corrected chi connectivity index (χ2v) is 6.61. The summed E-state index contributed by atoms with van der Waals surface area (Å²) in [4.78, 5) is 24.1. The van der Waals surface area contributed by atoms with Crippen LogP contribution in [0.3, 0.4) is 0 Å². The minimum atomic E-state index is -0.421. The van der Waals surface area contributed by atoms with Gasteiger partial charge in [0.25, 0.3) is 0 Å². The van der Waals surface area contributed by atoms with Gasteiger partial charge in [0.15, 0.2) is 0 Å². The molecule has 5 nitrogen and oxygen atoms in total. The van der Waals surface area contributed by atoms with Crippen molar-refractivity contribution in [3.05, 3.63) is 29.8 Å². The number of fused-ring (bicyclic) bond motifs is 1. The molecule has 1 atom stereocenters. The molecule has 0 radical (unpaired) electrons. The first kappa shape index (κ1) is 16.5. The van der Waals surface area contributed by atoms with Gasteiger partial charge in [-0.2, -0.15) is 0 Å². The number of nitrogens with one attached hydrogen (secondary N) is 2. The summed E-state index contributed by atoms with van der Waals surface area (Å²) >= 11 is 0. The van der Waals surface area contributed by atoms with E-state index >= 15 is 0 Å². The quantitative estimate of drug-likeness (QED) is 0.704. The van der Waals surface area contributed by atoms with E-state index in [0.717, 1.165) is 24.1 Å². The molecule has 1 aromatic carbocycles. The van der Waals surface area contributed by atoms with Gasteiger partial charge in [0.05, 0.1) is 5.92 Å². The van der Waals surface area contributed by atoms with Gasteiger partial charge < -0.3 is 15.7 Å². The van der Waals surface area contributed by atoms with Crippen LogP contribution in [0.5, 0.6) is 0 Å². The van der Waals surface area contributed by atoms with E-state index in [0.29, 0.717) is 6.54 Å². The molecule has 1 aliphatic rings. The van der Waals surface area contributed by atoms with Crippen molar-refractivity contribution in [2.24, 2.45) is 5.41 Å². The number of aliphatic hydroxyl groups excluding tert-OH is 1. The molecule has 3 N–H and O–H groups in total. The molecule has 0 aromatic heterocycles. The van der Waals surface area contributed by atoms with Gasteiger partial charge in [0.2, 0.25) is 11.8 Å². The Balaban J connectivity index is 1.92. The fourth-order valence-corrected chi connectivity index (χ4v) is 2.63. The summed E-state index contributed by atoms with van der Waals surface area (Å²) in [6.07, 6.45) is 1.83. The molecule has 1 unspecified atom stereocenters. The molecule has 0 fully saturated rings. The Hall–Kier alpha value is -1.88. The maximum atomic E-state index is 12.4. The van der Waals surface area contributed by atoms with Crippen molar-refractivity contribution in [1.82, 2.24) is 5.32 Å². The van der Waals surface area contributed by atoms with E-state index in [1.165, 1.54) is 0 Å². The number of hydrogen-bond acceptors (Lipinski definition) is 3. The molecule has 0 spiro atoms. The molecule has 0 bridgehead atoms.